The zero-order valence-electron chi connectivity index (χ0n) is 78.3. The minimum absolute atomic E-state index is 0.0386. The lowest BCUT2D eigenvalue weighted by Crippen LogP contribution is -2.50. The number of rotatable bonds is 34. The van der Waals surface area contributed by atoms with E-state index in [9.17, 15) is 28.8 Å². The molecular weight excluding hydrogens is 1740 g/mol. The first-order valence-corrected chi connectivity index (χ1v) is 48.6. The van der Waals surface area contributed by atoms with E-state index < -0.39 is 0 Å². The van der Waals surface area contributed by atoms with Gasteiger partial charge in [0.25, 0.3) is 0 Å². The van der Waals surface area contributed by atoms with Crippen LogP contribution < -0.4 is 5.32 Å². The van der Waals surface area contributed by atoms with E-state index in [0.717, 1.165) is 230 Å². The van der Waals surface area contributed by atoms with Gasteiger partial charge in [0.1, 0.15) is 34.7 Å². The number of ketones is 6. The number of morpholine rings is 2. The molecule has 6 aromatic carbocycles. The Morgan fingerprint density at radius 3 is 0.688 bits per heavy atom. The summed E-state index contributed by atoms with van der Waals surface area (Å²) in [6.45, 7) is 63.1. The lowest BCUT2D eigenvalue weighted by molar-refractivity contribution is -0.124. The number of halogens is 6. The second-order valence-electron chi connectivity index (χ2n) is 36.3. The van der Waals surface area contributed by atoms with E-state index in [-0.39, 0.29) is 71.0 Å². The number of carbonyl (C=O) groups is 6. The number of nitrogens with zero attached hydrogens (tertiary/aromatic N) is 8. The van der Waals surface area contributed by atoms with Crippen LogP contribution in [0.25, 0.3) is 0 Å². The van der Waals surface area contributed by atoms with E-state index in [2.05, 4.69) is 102 Å². The minimum atomic E-state index is -0.0784. The third kappa shape index (κ3) is 38.3. The van der Waals surface area contributed by atoms with Crippen LogP contribution in [0.4, 0.5) is 0 Å². The molecular formula is C102H149BrCl5N9O8. The van der Waals surface area contributed by atoms with Crippen LogP contribution in [-0.2, 0) is 38.2 Å². The number of nitrogens with one attached hydrogen (secondary N) is 1. The molecule has 0 bridgehead atoms. The van der Waals surface area contributed by atoms with Gasteiger partial charge in [-0.15, -0.1) is 0 Å². The number of hydrogen-bond donors (Lipinski definition) is 1. The molecule has 23 heteroatoms. The number of piperazine rings is 3. The monoisotopic (exact) mass is 1880 g/mol. The van der Waals surface area contributed by atoms with Crippen LogP contribution in [0.5, 0.6) is 0 Å². The van der Waals surface area contributed by atoms with Crippen LogP contribution in [0.15, 0.2) is 150 Å². The molecule has 1 unspecified atom stereocenters. The van der Waals surface area contributed by atoms with E-state index in [1.165, 1.54) is 0 Å². The molecule has 17 nitrogen and oxygen atoms in total. The first-order valence-electron chi connectivity index (χ1n) is 45.9. The van der Waals surface area contributed by atoms with Gasteiger partial charge in [0.15, 0.2) is 0 Å². The molecule has 0 spiro atoms. The van der Waals surface area contributed by atoms with Crippen molar-refractivity contribution in [2.24, 2.45) is 35.5 Å². The zero-order chi connectivity index (χ0) is 92.0. The summed E-state index contributed by atoms with van der Waals surface area (Å²) in [4.78, 5) is 94.6. The number of Topliss-reactive ketones (excluding diaryl/α,β-unsaturated/α-hetero) is 6. The highest BCUT2D eigenvalue weighted by molar-refractivity contribution is 9.10. The van der Waals surface area contributed by atoms with Gasteiger partial charge in [-0.05, 0) is 133 Å². The van der Waals surface area contributed by atoms with Crippen molar-refractivity contribution < 1.29 is 38.2 Å². The average Bonchev–Trinajstić information content (AvgIpc) is 0.829. The van der Waals surface area contributed by atoms with Gasteiger partial charge in [-0.25, -0.2) is 0 Å². The maximum Gasteiger partial charge on any atom is 0.144 e. The highest BCUT2D eigenvalue weighted by atomic mass is 79.9. The van der Waals surface area contributed by atoms with Crippen molar-refractivity contribution in [2.75, 3.05) is 184 Å². The Balaban J connectivity index is 0.000000232. The molecule has 692 valence electrons. The van der Waals surface area contributed by atoms with Gasteiger partial charge >= 0.3 is 0 Å². The van der Waals surface area contributed by atoms with Crippen molar-refractivity contribution in [1.29, 1.82) is 0 Å². The van der Waals surface area contributed by atoms with Crippen LogP contribution in [0.2, 0.25) is 25.1 Å². The lowest BCUT2D eigenvalue weighted by Gasteiger charge is -2.38. The summed E-state index contributed by atoms with van der Waals surface area (Å²) in [7, 11) is 0. The quantitative estimate of drug-likeness (QED) is 0.0406. The average molecular weight is 1890 g/mol. The van der Waals surface area contributed by atoms with Crippen LogP contribution in [0.1, 0.15) is 194 Å². The normalized spacial score (nSPS) is 17.7. The molecule has 5 heterocycles. The predicted molar refractivity (Wildman–Crippen MR) is 525 cm³/mol. The highest BCUT2D eigenvalue weighted by Crippen LogP contribution is 2.32. The maximum absolute atomic E-state index is 12.7. The van der Waals surface area contributed by atoms with E-state index in [1.807, 2.05) is 229 Å². The van der Waals surface area contributed by atoms with E-state index in [4.69, 9.17) is 67.5 Å². The Labute approximate surface area is 785 Å². The molecule has 5 fully saturated rings. The Hall–Kier alpha value is -5.17. The summed E-state index contributed by atoms with van der Waals surface area (Å²) < 4.78 is 11.8. The fourth-order valence-electron chi connectivity index (χ4n) is 16.0. The molecule has 125 heavy (non-hydrogen) atoms. The van der Waals surface area contributed by atoms with Gasteiger partial charge in [0, 0.05) is 221 Å². The minimum Gasteiger partial charge on any atom is -0.379 e. The molecule has 5 saturated heterocycles. The Morgan fingerprint density at radius 2 is 0.480 bits per heavy atom. The molecule has 5 aliphatic rings. The Bertz CT molecular complexity index is 3910. The van der Waals surface area contributed by atoms with Gasteiger partial charge in [0.2, 0.25) is 0 Å². The van der Waals surface area contributed by atoms with Crippen molar-refractivity contribution >= 4 is 109 Å². The Kier molecular flexibility index (Phi) is 49.7. The van der Waals surface area contributed by atoms with Crippen molar-refractivity contribution in [2.45, 2.75) is 172 Å². The van der Waals surface area contributed by atoms with Gasteiger partial charge in [-0.3, -0.25) is 58.2 Å². The molecule has 0 aliphatic carbocycles. The summed E-state index contributed by atoms with van der Waals surface area (Å²) in [6, 6.07) is 47.6. The summed E-state index contributed by atoms with van der Waals surface area (Å²) in [6.07, 6.45) is 0. The van der Waals surface area contributed by atoms with Gasteiger partial charge in [-0.1, -0.05) is 258 Å². The SMILES string of the molecule is CC(C)C(=O)[C@@H](CN1CCN(C(C)C)CC1)c1ccc(Cl)cc1.CC(C)C(=O)[C@@H](CN1CCOCC1)c1ccc(Cl)cc1.CC(C)C(=O)[C@H](CN1CCOCC1)c1ccc(Cl)cc1.CC(C)NC[C@@H](C(=O)C(C)C)c1ccc(Br)cc1.CCN1CCN(CC(C(=O)C(C)C)c2ccc(Cl)cc2)CC1.CCN1CCN(C[C@@H](C(=O)C(C)C)c2ccc(Cl)cc2)CC1. The van der Waals surface area contributed by atoms with E-state index in [1.54, 1.807) is 0 Å². The second-order valence-corrected chi connectivity index (χ2v) is 39.4. The molecule has 0 radical (unpaired) electrons. The fourth-order valence-corrected chi connectivity index (χ4v) is 16.9. The van der Waals surface area contributed by atoms with Crippen LogP contribution in [0.3, 0.4) is 0 Å². The van der Waals surface area contributed by atoms with Gasteiger partial charge in [0.05, 0.1) is 61.9 Å². The summed E-state index contributed by atoms with van der Waals surface area (Å²) in [5.74, 6) is 1.76. The number of benzene rings is 6. The van der Waals surface area contributed by atoms with E-state index >= 15 is 0 Å². The van der Waals surface area contributed by atoms with Crippen LogP contribution >= 0.6 is 73.9 Å². The number of likely N-dealkylation sites (N-methyl/N-ethyl adjacent to an activating group) is 2. The molecule has 6 aromatic rings. The molecule has 0 saturated carbocycles. The maximum atomic E-state index is 12.7. The van der Waals surface area contributed by atoms with Crippen molar-refractivity contribution in [3.8, 4) is 0 Å². The smallest absolute Gasteiger partial charge is 0.144 e. The topological polar surface area (TPSA) is 159 Å². The van der Waals surface area contributed by atoms with Crippen LogP contribution in [-0.4, -0.2) is 269 Å². The van der Waals surface area contributed by atoms with E-state index in [0.29, 0.717) is 63.4 Å². The first kappa shape index (κ1) is 109. The zero-order valence-corrected chi connectivity index (χ0v) is 83.7. The first-order chi connectivity index (χ1) is 59.5. The van der Waals surface area contributed by atoms with Gasteiger partial charge < -0.3 is 24.6 Å². The third-order valence-electron chi connectivity index (χ3n) is 24.2. The highest BCUT2D eigenvalue weighted by Gasteiger charge is 2.34. The summed E-state index contributed by atoms with van der Waals surface area (Å²) in [5.41, 5.74) is 6.45. The Morgan fingerprint density at radius 1 is 0.288 bits per heavy atom. The van der Waals surface area contributed by atoms with Crippen molar-refractivity contribution in [3.63, 3.8) is 0 Å². The molecule has 11 rings (SSSR count). The summed E-state index contributed by atoms with van der Waals surface area (Å²) >= 11 is 33.3. The van der Waals surface area contributed by atoms with Crippen molar-refractivity contribution in [1.82, 2.24) is 44.5 Å². The second kappa shape index (κ2) is 57.2. The molecule has 0 aromatic heterocycles. The van der Waals surface area contributed by atoms with Crippen LogP contribution in [0, 0.1) is 35.5 Å². The van der Waals surface area contributed by atoms with Crippen molar-refractivity contribution in [3.05, 3.63) is 209 Å². The standard InChI is InChI=1S/C19H29ClN2O.2C18H27ClN2O.2C16H22ClNO2.C15H22BrNO/c1-14(2)19(23)18(16-5-7-17(20)8-6-16)13-21-9-11-22(12-10-21)15(3)4;2*1-4-20-9-11-21(12-10-20)13-17(18(22)14(2)3)15-5-7-16(19)8-6-15;2*1-12(2)16(19)15(11-18-7-9-20-10-8-18)13-3-5-14(17)6-4-13;1-10(2)15(18)14(9-17-11(3)4)12-5-7-13(16)8-6-12/h5-8,14-15,18H,9-13H2,1-4H3;2*5-8,14,17H,4,9-13H2,1-3H3;2*3-6,12,15H,7-11H2,1-2H3;5-8,10-11,14,17H,9H2,1-4H3/t18-;17-;;2*15-;14-/m01.101/s1. The molecule has 5 aliphatic heterocycles. The molecule has 6 atom stereocenters. The number of hydrogen-bond acceptors (Lipinski definition) is 17. The van der Waals surface area contributed by atoms with Gasteiger partial charge in [-0.2, -0.15) is 0 Å². The lowest BCUT2D eigenvalue weighted by atomic mass is 9.88. The number of carbonyl (C=O) groups excluding carboxylic acids is 6. The molecule has 1 N–H and O–H groups in total. The largest absolute Gasteiger partial charge is 0.379 e. The number of ether oxygens (including phenoxy) is 2. The fraction of sp³-hybridized carbons (Fsp3) is 0.588. The third-order valence-corrected chi connectivity index (χ3v) is 26.0. The molecule has 0 amide bonds. The predicted octanol–water partition coefficient (Wildman–Crippen LogP) is 20.0. The summed E-state index contributed by atoms with van der Waals surface area (Å²) in [5, 5.41) is 6.93.